The molecule has 28 heavy (non-hydrogen) atoms. The number of carbonyl (C=O) groups is 1. The predicted octanol–water partition coefficient (Wildman–Crippen LogP) is 0.327. The average Bonchev–Trinajstić information content (AvgIpc) is 2.64. The number of ether oxygens (including phenoxy) is 3. The zero-order chi connectivity index (χ0) is 21.3. The summed E-state index contributed by atoms with van der Waals surface area (Å²) in [7, 11) is 1.42. The zero-order valence-electron chi connectivity index (χ0n) is 15.7. The number of aryl methyl sites for hydroxylation is 1. The highest BCUT2D eigenvalue weighted by molar-refractivity contribution is 7.79. The van der Waals surface area contributed by atoms with Gasteiger partial charge in [-0.2, -0.15) is 0 Å². The van der Waals surface area contributed by atoms with Crippen LogP contribution in [0.4, 0.5) is 5.95 Å². The quantitative estimate of drug-likeness (QED) is 0.292. The van der Waals surface area contributed by atoms with Gasteiger partial charge in [-0.1, -0.05) is 11.1 Å². The maximum absolute atomic E-state index is 11.5. The van der Waals surface area contributed by atoms with Gasteiger partial charge in [0.05, 0.1) is 41.1 Å². The summed E-state index contributed by atoms with van der Waals surface area (Å²) in [5.41, 5.74) is 1.41. The molecule has 1 heterocycles. The number of esters is 1. The Balaban J connectivity index is 0.000000696. The molecule has 1 aromatic carbocycles. The highest BCUT2D eigenvalue weighted by Gasteiger charge is 2.14. The van der Waals surface area contributed by atoms with Crippen LogP contribution >= 0.6 is 0 Å². The number of hydrogen-bond donors (Lipinski definition) is 2. The third-order valence-electron chi connectivity index (χ3n) is 3.31. The SMILES string of the molecule is COC(=O)c1cnc(NCc2ccc(OC)c(OC)c2)[n+](C)c1.O=S(=O)([O-])O. The van der Waals surface area contributed by atoms with E-state index in [-0.39, 0.29) is 0 Å². The van der Waals surface area contributed by atoms with Crippen LogP contribution in [0.1, 0.15) is 15.9 Å². The highest BCUT2D eigenvalue weighted by atomic mass is 32.3. The minimum absolute atomic E-state index is 0.395. The maximum atomic E-state index is 11.5. The van der Waals surface area contributed by atoms with E-state index < -0.39 is 16.4 Å². The molecule has 0 radical (unpaired) electrons. The summed E-state index contributed by atoms with van der Waals surface area (Å²) in [6.07, 6.45) is 3.14. The molecule has 0 aliphatic carbocycles. The lowest BCUT2D eigenvalue weighted by atomic mass is 10.2. The van der Waals surface area contributed by atoms with Crippen LogP contribution in [0.25, 0.3) is 0 Å². The van der Waals surface area contributed by atoms with E-state index in [0.717, 1.165) is 5.56 Å². The summed E-state index contributed by atoms with van der Waals surface area (Å²) < 4.78 is 49.7. The Bertz CT molecular complexity index is 910. The summed E-state index contributed by atoms with van der Waals surface area (Å²) in [6.45, 7) is 0.554. The largest absolute Gasteiger partial charge is 0.726 e. The van der Waals surface area contributed by atoms with Crippen LogP contribution in [0, 0.1) is 0 Å². The molecule has 2 rings (SSSR count). The number of anilines is 1. The number of nitrogens with one attached hydrogen (secondary N) is 1. The molecule has 0 saturated carbocycles. The molecule has 2 N–H and O–H groups in total. The Morgan fingerprint density at radius 3 is 2.36 bits per heavy atom. The second-order valence-electron chi connectivity index (χ2n) is 5.24. The van der Waals surface area contributed by atoms with Crippen molar-refractivity contribution in [3.05, 3.63) is 41.7 Å². The van der Waals surface area contributed by atoms with E-state index >= 15 is 0 Å². The van der Waals surface area contributed by atoms with Crippen molar-refractivity contribution in [2.45, 2.75) is 6.54 Å². The van der Waals surface area contributed by atoms with Gasteiger partial charge < -0.3 is 18.8 Å². The Morgan fingerprint density at radius 2 is 1.86 bits per heavy atom. The minimum atomic E-state index is -4.92. The van der Waals surface area contributed by atoms with Gasteiger partial charge in [0, 0.05) is 0 Å². The molecule has 0 spiro atoms. The second-order valence-corrected chi connectivity index (χ2v) is 6.09. The number of methoxy groups -OCH3 is 3. The lowest BCUT2D eigenvalue weighted by molar-refractivity contribution is -0.660. The minimum Gasteiger partial charge on any atom is -0.726 e. The van der Waals surface area contributed by atoms with E-state index in [1.54, 1.807) is 32.0 Å². The van der Waals surface area contributed by atoms with Crippen LogP contribution < -0.4 is 19.4 Å². The molecule has 0 saturated heterocycles. The molecule has 0 fully saturated rings. The number of rotatable bonds is 6. The molecular formula is C16H21N3O8S. The van der Waals surface area contributed by atoms with Gasteiger partial charge in [0.2, 0.25) is 10.4 Å². The molecule has 0 amide bonds. The second kappa shape index (κ2) is 10.4. The first-order chi connectivity index (χ1) is 13.1. The molecule has 0 atom stereocenters. The number of benzene rings is 1. The molecular weight excluding hydrogens is 394 g/mol. The van der Waals surface area contributed by atoms with Crippen molar-refractivity contribution >= 4 is 22.3 Å². The van der Waals surface area contributed by atoms with E-state index in [0.29, 0.717) is 29.6 Å². The summed E-state index contributed by atoms with van der Waals surface area (Å²) in [4.78, 5) is 15.7. The monoisotopic (exact) mass is 415 g/mol. The fourth-order valence-electron chi connectivity index (χ4n) is 2.09. The fraction of sp³-hybridized carbons (Fsp3) is 0.312. The van der Waals surface area contributed by atoms with Gasteiger partial charge in [0.1, 0.15) is 11.8 Å². The topological polar surface area (TPSA) is 151 Å². The molecule has 0 aliphatic rings. The Morgan fingerprint density at radius 1 is 1.25 bits per heavy atom. The van der Waals surface area contributed by atoms with Crippen molar-refractivity contribution in [1.29, 1.82) is 0 Å². The maximum Gasteiger partial charge on any atom is 0.391 e. The number of carbonyl (C=O) groups excluding carboxylic acids is 1. The first-order valence-electron chi connectivity index (χ1n) is 7.66. The van der Waals surface area contributed by atoms with Crippen LogP contribution in [0.5, 0.6) is 11.5 Å². The van der Waals surface area contributed by atoms with Gasteiger partial charge in [-0.05, 0) is 17.7 Å². The Labute approximate surface area is 162 Å². The molecule has 0 unspecified atom stereocenters. The third-order valence-corrected chi connectivity index (χ3v) is 3.31. The third kappa shape index (κ3) is 7.73. The van der Waals surface area contributed by atoms with Gasteiger partial charge in [-0.25, -0.2) is 17.8 Å². The van der Waals surface area contributed by atoms with Gasteiger partial charge >= 0.3 is 11.9 Å². The molecule has 2 aromatic rings. The standard InChI is InChI=1S/C16H19N3O4.H2O4S/c1-19-10-12(15(20)23-4)9-18-16(19)17-8-11-5-6-13(21-2)14(7-11)22-3;1-5(2,3)4/h5-7,9-10H,8H2,1-4H3;(H2,1,2,3,4). The molecule has 12 heteroatoms. The van der Waals surface area contributed by atoms with Crippen molar-refractivity contribution in [2.75, 3.05) is 26.6 Å². The lowest BCUT2D eigenvalue weighted by Gasteiger charge is -2.09. The molecule has 11 nitrogen and oxygen atoms in total. The van der Waals surface area contributed by atoms with Gasteiger partial charge in [0.25, 0.3) is 0 Å². The number of nitrogens with zero attached hydrogens (tertiary/aromatic N) is 2. The van der Waals surface area contributed by atoms with Gasteiger partial charge in [-0.3, -0.25) is 9.87 Å². The first-order valence-corrected chi connectivity index (χ1v) is 9.02. The lowest BCUT2D eigenvalue weighted by Crippen LogP contribution is -2.34. The van der Waals surface area contributed by atoms with E-state index in [9.17, 15) is 4.79 Å². The highest BCUT2D eigenvalue weighted by Crippen LogP contribution is 2.27. The van der Waals surface area contributed by atoms with Gasteiger partial charge in [-0.15, -0.1) is 0 Å². The van der Waals surface area contributed by atoms with Crippen LogP contribution in [0.2, 0.25) is 0 Å². The summed E-state index contributed by atoms with van der Waals surface area (Å²) in [6, 6.07) is 5.69. The Hall–Kier alpha value is -2.96. The summed E-state index contributed by atoms with van der Waals surface area (Å²) in [5, 5.41) is 3.21. The molecule has 1 aromatic heterocycles. The zero-order valence-corrected chi connectivity index (χ0v) is 16.5. The first kappa shape index (κ1) is 23.1. The average molecular weight is 415 g/mol. The van der Waals surface area contributed by atoms with Gasteiger partial charge in [0.15, 0.2) is 11.5 Å². The fourth-order valence-corrected chi connectivity index (χ4v) is 2.09. The molecule has 0 aliphatic heterocycles. The van der Waals surface area contributed by atoms with Crippen molar-refractivity contribution < 1.29 is 41.1 Å². The molecule has 0 bridgehead atoms. The van der Waals surface area contributed by atoms with E-state index in [2.05, 4.69) is 15.0 Å². The number of hydrogen-bond acceptors (Lipinski definition) is 9. The normalized spacial score (nSPS) is 10.4. The van der Waals surface area contributed by atoms with Crippen LogP contribution in [0.3, 0.4) is 0 Å². The van der Waals surface area contributed by atoms with E-state index in [1.807, 2.05) is 18.2 Å². The summed E-state index contributed by atoms with van der Waals surface area (Å²) >= 11 is 0. The van der Waals surface area contributed by atoms with Crippen molar-refractivity contribution in [1.82, 2.24) is 4.98 Å². The van der Waals surface area contributed by atoms with Crippen LogP contribution in [-0.4, -0.2) is 49.8 Å². The molecule has 154 valence electrons. The Kier molecular flexibility index (Phi) is 8.57. The van der Waals surface area contributed by atoms with Crippen molar-refractivity contribution in [2.24, 2.45) is 7.05 Å². The predicted molar refractivity (Wildman–Crippen MR) is 96.0 cm³/mol. The van der Waals surface area contributed by atoms with Crippen molar-refractivity contribution in [3.63, 3.8) is 0 Å². The van der Waals surface area contributed by atoms with Crippen LogP contribution in [0.15, 0.2) is 30.6 Å². The summed E-state index contributed by atoms with van der Waals surface area (Å²) in [5.74, 6) is 1.57. The smallest absolute Gasteiger partial charge is 0.391 e. The van der Waals surface area contributed by atoms with Crippen molar-refractivity contribution in [3.8, 4) is 11.5 Å². The number of aromatic nitrogens is 2. The van der Waals surface area contributed by atoms with Crippen LogP contribution in [-0.2, 0) is 28.7 Å². The van der Waals surface area contributed by atoms with E-state index in [4.69, 9.17) is 27.0 Å². The van der Waals surface area contributed by atoms with E-state index in [1.165, 1.54) is 13.3 Å².